The van der Waals surface area contributed by atoms with Crippen LogP contribution in [0.1, 0.15) is 10.4 Å². The molecule has 1 fully saturated rings. The van der Waals surface area contributed by atoms with Crippen LogP contribution >= 0.6 is 23.1 Å². The number of carbonyl (C=O) groups excluding carboxylic acids is 1. The predicted molar refractivity (Wildman–Crippen MR) is 115 cm³/mol. The molecule has 0 radical (unpaired) electrons. The van der Waals surface area contributed by atoms with Gasteiger partial charge in [-0.2, -0.15) is 0 Å². The third-order valence-electron chi connectivity index (χ3n) is 4.15. The Bertz CT molecular complexity index is 964. The van der Waals surface area contributed by atoms with Gasteiger partial charge in [-0.15, -0.1) is 11.3 Å². The number of aliphatic imine (C=N–C) groups is 1. The maximum absolute atomic E-state index is 13.0. The normalized spacial score (nSPS) is 17.2. The lowest BCUT2D eigenvalue weighted by Crippen LogP contribution is -2.31. The number of para-hydroxylation sites is 1. The molecule has 0 saturated carbocycles. The molecule has 0 atom stereocenters. The summed E-state index contributed by atoms with van der Waals surface area (Å²) in [7, 11) is 0. The molecular formula is C22H18N2OS2. The zero-order chi connectivity index (χ0) is 18.5. The maximum atomic E-state index is 13.0. The second-order valence-corrected chi connectivity index (χ2v) is 8.04. The number of benzene rings is 2. The summed E-state index contributed by atoms with van der Waals surface area (Å²) in [5, 5.41) is 2.76. The summed E-state index contributed by atoms with van der Waals surface area (Å²) in [6.07, 6.45) is 2.76. The van der Waals surface area contributed by atoms with Crippen molar-refractivity contribution in [3.8, 4) is 0 Å². The predicted octanol–water partition coefficient (Wildman–Crippen LogP) is 5.59. The fourth-order valence-corrected chi connectivity index (χ4v) is 4.54. The summed E-state index contributed by atoms with van der Waals surface area (Å²) in [6.45, 7) is 0.614. The zero-order valence-electron chi connectivity index (χ0n) is 14.6. The molecule has 0 N–H and O–H groups in total. The molecule has 3 aromatic rings. The molecular weight excluding hydrogens is 372 g/mol. The third-order valence-corrected chi connectivity index (χ3v) is 5.98. The zero-order valence-corrected chi connectivity index (χ0v) is 16.2. The Balaban J connectivity index is 1.61. The monoisotopic (exact) mass is 390 g/mol. The van der Waals surface area contributed by atoms with Crippen LogP contribution in [0.5, 0.6) is 0 Å². The third kappa shape index (κ3) is 4.38. The van der Waals surface area contributed by atoms with Crippen LogP contribution in [0, 0.1) is 0 Å². The first-order valence-corrected chi connectivity index (χ1v) is 10.4. The van der Waals surface area contributed by atoms with Gasteiger partial charge in [0.15, 0.2) is 5.17 Å². The average Bonchev–Trinajstić information content (AvgIpc) is 3.31. The summed E-state index contributed by atoms with van der Waals surface area (Å²) < 4.78 is 0. The van der Waals surface area contributed by atoms with Gasteiger partial charge in [-0.3, -0.25) is 9.69 Å². The number of thioether (sulfide) groups is 1. The maximum Gasteiger partial charge on any atom is 0.266 e. The van der Waals surface area contributed by atoms with Gasteiger partial charge in [-0.25, -0.2) is 4.99 Å². The van der Waals surface area contributed by atoms with Gasteiger partial charge in [0.05, 0.1) is 10.6 Å². The minimum atomic E-state index is 0.0269. The van der Waals surface area contributed by atoms with Crippen LogP contribution in [0.15, 0.2) is 88.1 Å². The van der Waals surface area contributed by atoms with Crippen molar-refractivity contribution in [3.63, 3.8) is 0 Å². The van der Waals surface area contributed by atoms with E-state index in [1.54, 1.807) is 16.2 Å². The minimum absolute atomic E-state index is 0.0269. The van der Waals surface area contributed by atoms with Crippen LogP contribution in [0.4, 0.5) is 5.69 Å². The number of thiophene rings is 1. The largest absolute Gasteiger partial charge is 0.286 e. The number of amidine groups is 1. The van der Waals surface area contributed by atoms with E-state index in [1.165, 1.54) is 17.3 Å². The Kier molecular flexibility index (Phi) is 5.51. The van der Waals surface area contributed by atoms with Crippen LogP contribution in [0.3, 0.4) is 0 Å². The second-order valence-electron chi connectivity index (χ2n) is 6.05. The van der Waals surface area contributed by atoms with Gasteiger partial charge in [0, 0.05) is 11.4 Å². The highest BCUT2D eigenvalue weighted by atomic mass is 32.2. The van der Waals surface area contributed by atoms with E-state index in [1.807, 2.05) is 72.1 Å². The van der Waals surface area contributed by atoms with E-state index in [4.69, 9.17) is 4.99 Å². The number of hydrogen-bond acceptors (Lipinski definition) is 4. The van der Waals surface area contributed by atoms with Crippen molar-refractivity contribution in [1.29, 1.82) is 0 Å². The summed E-state index contributed by atoms with van der Waals surface area (Å²) in [6, 6.07) is 24.0. The van der Waals surface area contributed by atoms with Crippen molar-refractivity contribution in [1.82, 2.24) is 4.90 Å². The summed E-state index contributed by atoms with van der Waals surface area (Å²) in [5.74, 6) is 0.0269. The van der Waals surface area contributed by atoms with E-state index in [-0.39, 0.29) is 5.91 Å². The molecule has 0 bridgehead atoms. The fraction of sp³-hybridized carbons (Fsp3) is 0.0909. The van der Waals surface area contributed by atoms with Gasteiger partial charge in [0.2, 0.25) is 0 Å². The lowest BCUT2D eigenvalue weighted by molar-refractivity contribution is -0.122. The van der Waals surface area contributed by atoms with Crippen LogP contribution in [0.2, 0.25) is 0 Å². The molecule has 1 aliphatic heterocycles. The molecule has 4 rings (SSSR count). The first-order chi connectivity index (χ1) is 13.3. The van der Waals surface area contributed by atoms with E-state index in [9.17, 15) is 4.79 Å². The molecule has 1 aromatic heterocycles. The standard InChI is InChI=1S/C22H18N2OS2/c25-21-20(16-19-12-7-15-26-19)27-22(23-18-10-5-2-6-11-18)24(21)14-13-17-8-3-1-4-9-17/h1-12,15-16H,13-14H2. The molecule has 2 aromatic carbocycles. The van der Waals surface area contributed by atoms with Crippen LogP contribution < -0.4 is 0 Å². The molecule has 27 heavy (non-hydrogen) atoms. The molecule has 1 aliphatic rings. The molecule has 0 spiro atoms. The van der Waals surface area contributed by atoms with Gasteiger partial charge >= 0.3 is 0 Å². The molecule has 134 valence electrons. The van der Waals surface area contributed by atoms with Crippen LogP contribution in [0.25, 0.3) is 6.08 Å². The molecule has 5 heteroatoms. The number of carbonyl (C=O) groups is 1. The van der Waals surface area contributed by atoms with E-state index < -0.39 is 0 Å². The van der Waals surface area contributed by atoms with Crippen molar-refractivity contribution in [2.24, 2.45) is 4.99 Å². The second kappa shape index (κ2) is 8.37. The van der Waals surface area contributed by atoms with Gasteiger partial charge < -0.3 is 0 Å². The van der Waals surface area contributed by atoms with Crippen molar-refractivity contribution < 1.29 is 4.79 Å². The Hall–Kier alpha value is -2.63. The molecule has 3 nitrogen and oxygen atoms in total. The van der Waals surface area contributed by atoms with Gasteiger partial charge in [0.1, 0.15) is 0 Å². The SMILES string of the molecule is O=C1C(=Cc2cccs2)SC(=Nc2ccccc2)N1CCc1ccccc1. The topological polar surface area (TPSA) is 32.7 Å². The number of rotatable bonds is 5. The summed E-state index contributed by atoms with van der Waals surface area (Å²) in [4.78, 5) is 21.3. The highest BCUT2D eigenvalue weighted by molar-refractivity contribution is 8.18. The molecule has 1 amide bonds. The minimum Gasteiger partial charge on any atom is -0.286 e. The van der Waals surface area contributed by atoms with Gasteiger partial charge in [-0.05, 0) is 53.4 Å². The van der Waals surface area contributed by atoms with Crippen molar-refractivity contribution in [3.05, 3.63) is 93.5 Å². The van der Waals surface area contributed by atoms with E-state index in [2.05, 4.69) is 12.1 Å². The average molecular weight is 391 g/mol. The first kappa shape index (κ1) is 17.8. The first-order valence-electron chi connectivity index (χ1n) is 8.72. The van der Waals surface area contributed by atoms with Crippen LogP contribution in [-0.4, -0.2) is 22.5 Å². The van der Waals surface area contributed by atoms with E-state index in [0.717, 1.165) is 27.1 Å². The lowest BCUT2D eigenvalue weighted by atomic mass is 10.1. The van der Waals surface area contributed by atoms with E-state index in [0.29, 0.717) is 6.54 Å². The number of amides is 1. The molecule has 2 heterocycles. The Morgan fingerprint density at radius 3 is 2.37 bits per heavy atom. The van der Waals surface area contributed by atoms with Crippen molar-refractivity contribution >= 4 is 45.9 Å². The van der Waals surface area contributed by atoms with E-state index >= 15 is 0 Å². The van der Waals surface area contributed by atoms with Gasteiger partial charge in [0.25, 0.3) is 5.91 Å². The molecule has 0 unspecified atom stereocenters. The van der Waals surface area contributed by atoms with Crippen LogP contribution in [-0.2, 0) is 11.2 Å². The number of nitrogens with zero attached hydrogens (tertiary/aromatic N) is 2. The van der Waals surface area contributed by atoms with Crippen molar-refractivity contribution in [2.45, 2.75) is 6.42 Å². The fourth-order valence-electron chi connectivity index (χ4n) is 2.79. The highest BCUT2D eigenvalue weighted by Crippen LogP contribution is 2.34. The Labute approximate surface area is 167 Å². The number of hydrogen-bond donors (Lipinski definition) is 0. The Morgan fingerprint density at radius 2 is 1.67 bits per heavy atom. The summed E-state index contributed by atoms with van der Waals surface area (Å²) >= 11 is 3.08. The molecule has 0 aliphatic carbocycles. The Morgan fingerprint density at radius 1 is 0.926 bits per heavy atom. The quantitative estimate of drug-likeness (QED) is 0.532. The van der Waals surface area contributed by atoms with Crippen molar-refractivity contribution in [2.75, 3.05) is 6.54 Å². The van der Waals surface area contributed by atoms with Gasteiger partial charge in [-0.1, -0.05) is 54.6 Å². The molecule has 1 saturated heterocycles. The smallest absolute Gasteiger partial charge is 0.266 e. The highest BCUT2D eigenvalue weighted by Gasteiger charge is 2.33. The lowest BCUT2D eigenvalue weighted by Gasteiger charge is -2.15. The summed E-state index contributed by atoms with van der Waals surface area (Å²) in [5.41, 5.74) is 2.07.